The summed E-state index contributed by atoms with van der Waals surface area (Å²) in [5.41, 5.74) is 2.33. The third kappa shape index (κ3) is 6.00. The van der Waals surface area contributed by atoms with Crippen LogP contribution in [-0.4, -0.2) is 42.1 Å². The monoisotopic (exact) mass is 421 g/mol. The molecule has 0 aliphatic heterocycles. The van der Waals surface area contributed by atoms with E-state index in [9.17, 15) is 23.2 Å². The van der Waals surface area contributed by atoms with Crippen LogP contribution >= 0.6 is 0 Å². The van der Waals surface area contributed by atoms with Gasteiger partial charge in [-0.3, -0.25) is 4.79 Å². The van der Waals surface area contributed by atoms with Gasteiger partial charge in [-0.2, -0.15) is 8.78 Å². The van der Waals surface area contributed by atoms with Crippen molar-refractivity contribution in [3.05, 3.63) is 59.4 Å². The molecule has 0 N–H and O–H groups in total. The van der Waals surface area contributed by atoms with E-state index in [-0.39, 0.29) is 12.4 Å². The molecule has 0 bridgehead atoms. The lowest BCUT2D eigenvalue weighted by atomic mass is 10.1. The van der Waals surface area contributed by atoms with Crippen molar-refractivity contribution in [2.45, 2.75) is 27.4 Å². The van der Waals surface area contributed by atoms with Crippen LogP contribution < -0.4 is 4.74 Å². The molecule has 7 nitrogen and oxygen atoms in total. The Bertz CT molecular complexity index is 947. The molecule has 1 heterocycles. The lowest BCUT2D eigenvalue weighted by Crippen LogP contribution is -2.14. The molecule has 0 atom stereocenters. The molecule has 0 aliphatic rings. The minimum absolute atomic E-state index is 0.0234. The zero-order valence-electron chi connectivity index (χ0n) is 16.7. The van der Waals surface area contributed by atoms with Crippen LogP contribution in [0.1, 0.15) is 28.7 Å². The van der Waals surface area contributed by atoms with Gasteiger partial charge < -0.3 is 18.8 Å². The van der Waals surface area contributed by atoms with Crippen molar-refractivity contribution < 1.29 is 37.4 Å². The predicted octanol–water partition coefficient (Wildman–Crippen LogP) is 3.54. The standard InChI is InChI=1S/C21H21F2NO6/c1-4-28-19(26)9-10-20(27)29-12-18(25)17-11-13(2)24(14(17)3)15-5-7-16(8-6-15)30-21(22)23/h5-11,21H,4,12H2,1-3H3/b10-9+. The number of ketones is 1. The third-order valence-electron chi connectivity index (χ3n) is 4.04. The summed E-state index contributed by atoms with van der Waals surface area (Å²) in [6.45, 7) is 1.88. The van der Waals surface area contributed by atoms with Gasteiger partial charge in [-0.05, 0) is 51.1 Å². The minimum Gasteiger partial charge on any atom is -0.463 e. The van der Waals surface area contributed by atoms with Gasteiger partial charge in [0.1, 0.15) is 5.75 Å². The van der Waals surface area contributed by atoms with Gasteiger partial charge in [-0.1, -0.05) is 0 Å². The summed E-state index contributed by atoms with van der Waals surface area (Å²) < 4.78 is 40.2. The Hall–Kier alpha value is -3.49. The maximum Gasteiger partial charge on any atom is 0.387 e. The molecular weight excluding hydrogens is 400 g/mol. The third-order valence-corrected chi connectivity index (χ3v) is 4.04. The van der Waals surface area contributed by atoms with Crippen LogP contribution in [0.5, 0.6) is 5.75 Å². The number of rotatable bonds is 9. The quantitative estimate of drug-likeness (QED) is 0.350. The van der Waals surface area contributed by atoms with E-state index >= 15 is 0 Å². The highest BCUT2D eigenvalue weighted by atomic mass is 19.3. The van der Waals surface area contributed by atoms with Crippen molar-refractivity contribution in [1.29, 1.82) is 0 Å². The highest BCUT2D eigenvalue weighted by molar-refractivity contribution is 6.00. The number of Topliss-reactive ketones (excluding diaryl/α,β-unsaturated/α-hetero) is 1. The van der Waals surface area contributed by atoms with Gasteiger partial charge in [0.05, 0.1) is 6.61 Å². The molecule has 160 valence electrons. The van der Waals surface area contributed by atoms with Gasteiger partial charge in [0.15, 0.2) is 6.61 Å². The largest absolute Gasteiger partial charge is 0.463 e. The number of hydrogen-bond donors (Lipinski definition) is 0. The van der Waals surface area contributed by atoms with Crippen LogP contribution in [0.25, 0.3) is 5.69 Å². The fourth-order valence-electron chi connectivity index (χ4n) is 2.81. The van der Waals surface area contributed by atoms with E-state index in [1.54, 1.807) is 43.5 Å². The zero-order chi connectivity index (χ0) is 22.3. The lowest BCUT2D eigenvalue weighted by Gasteiger charge is -2.11. The fourth-order valence-corrected chi connectivity index (χ4v) is 2.81. The molecule has 1 aromatic heterocycles. The normalized spacial score (nSPS) is 11.0. The van der Waals surface area contributed by atoms with Crippen LogP contribution in [0.4, 0.5) is 8.78 Å². The van der Waals surface area contributed by atoms with E-state index in [4.69, 9.17) is 4.74 Å². The molecule has 30 heavy (non-hydrogen) atoms. The van der Waals surface area contributed by atoms with Gasteiger partial charge in [0.25, 0.3) is 0 Å². The van der Waals surface area contributed by atoms with Crippen molar-refractivity contribution >= 4 is 17.7 Å². The molecule has 0 saturated carbocycles. The van der Waals surface area contributed by atoms with Gasteiger partial charge in [0, 0.05) is 34.8 Å². The molecule has 0 aliphatic carbocycles. The number of alkyl halides is 2. The molecule has 0 fully saturated rings. The molecule has 0 amide bonds. The number of carbonyl (C=O) groups excluding carboxylic acids is 3. The van der Waals surface area contributed by atoms with Gasteiger partial charge in [-0.15, -0.1) is 0 Å². The Morgan fingerprint density at radius 2 is 1.63 bits per heavy atom. The number of carbonyl (C=O) groups is 3. The van der Waals surface area contributed by atoms with Gasteiger partial charge in [-0.25, -0.2) is 9.59 Å². The van der Waals surface area contributed by atoms with Crippen LogP contribution in [0.2, 0.25) is 0 Å². The van der Waals surface area contributed by atoms with Crippen LogP contribution in [0.15, 0.2) is 42.5 Å². The highest BCUT2D eigenvalue weighted by Crippen LogP contribution is 2.24. The summed E-state index contributed by atoms with van der Waals surface area (Å²) in [5.74, 6) is -1.94. The second-order valence-electron chi connectivity index (χ2n) is 6.11. The molecule has 0 saturated heterocycles. The summed E-state index contributed by atoms with van der Waals surface area (Å²) in [5, 5.41) is 0. The smallest absolute Gasteiger partial charge is 0.387 e. The van der Waals surface area contributed by atoms with Crippen molar-refractivity contribution in [3.8, 4) is 11.4 Å². The number of ether oxygens (including phenoxy) is 3. The summed E-state index contributed by atoms with van der Waals surface area (Å²) in [4.78, 5) is 35.3. The van der Waals surface area contributed by atoms with E-state index in [1.165, 1.54) is 12.1 Å². The average Bonchev–Trinajstić information content (AvgIpc) is 2.99. The number of nitrogens with zero attached hydrogens (tertiary/aromatic N) is 1. The predicted molar refractivity (Wildman–Crippen MR) is 103 cm³/mol. The molecule has 9 heteroatoms. The Kier molecular flexibility index (Phi) is 7.85. The van der Waals surface area contributed by atoms with Gasteiger partial charge >= 0.3 is 18.6 Å². The molecule has 2 aromatic rings. The molecule has 1 aromatic carbocycles. The molecule has 0 unspecified atom stereocenters. The number of aromatic nitrogens is 1. The summed E-state index contributed by atoms with van der Waals surface area (Å²) in [6.07, 6.45) is 1.81. The first-order valence-corrected chi connectivity index (χ1v) is 9.02. The average molecular weight is 421 g/mol. The fraction of sp³-hybridized carbons (Fsp3) is 0.286. The second-order valence-corrected chi connectivity index (χ2v) is 6.11. The molecule has 2 rings (SSSR count). The Labute approximate surface area is 171 Å². The first-order chi connectivity index (χ1) is 14.2. The number of esters is 2. The van der Waals surface area contributed by atoms with Crippen molar-refractivity contribution in [3.63, 3.8) is 0 Å². The van der Waals surface area contributed by atoms with E-state index in [2.05, 4.69) is 9.47 Å². The number of aryl methyl sites for hydroxylation is 1. The second kappa shape index (κ2) is 10.3. The highest BCUT2D eigenvalue weighted by Gasteiger charge is 2.18. The zero-order valence-corrected chi connectivity index (χ0v) is 16.7. The molecule has 0 radical (unpaired) electrons. The van der Waals surface area contributed by atoms with Crippen LogP contribution in [0, 0.1) is 13.8 Å². The topological polar surface area (TPSA) is 83.8 Å². The van der Waals surface area contributed by atoms with E-state index in [0.29, 0.717) is 16.9 Å². The van der Waals surface area contributed by atoms with E-state index < -0.39 is 30.9 Å². The summed E-state index contributed by atoms with van der Waals surface area (Å²) in [7, 11) is 0. The Morgan fingerprint density at radius 3 is 2.20 bits per heavy atom. The summed E-state index contributed by atoms with van der Waals surface area (Å²) in [6, 6.07) is 7.63. The van der Waals surface area contributed by atoms with Crippen molar-refractivity contribution in [1.82, 2.24) is 4.57 Å². The summed E-state index contributed by atoms with van der Waals surface area (Å²) >= 11 is 0. The Balaban J connectivity index is 2.08. The minimum atomic E-state index is -2.91. The lowest BCUT2D eigenvalue weighted by molar-refractivity contribution is -0.139. The molecular formula is C21H21F2NO6. The SMILES string of the molecule is CCOC(=O)/C=C/C(=O)OCC(=O)c1cc(C)n(-c2ccc(OC(F)F)cc2)c1C. The first kappa shape index (κ1) is 22.8. The number of halogens is 2. The van der Waals surface area contributed by atoms with E-state index in [0.717, 1.165) is 17.8 Å². The maximum atomic E-state index is 12.5. The van der Waals surface area contributed by atoms with Crippen LogP contribution in [0.3, 0.4) is 0 Å². The number of benzene rings is 1. The maximum absolute atomic E-state index is 12.5. The Morgan fingerprint density at radius 1 is 1.03 bits per heavy atom. The molecule has 0 spiro atoms. The van der Waals surface area contributed by atoms with Crippen LogP contribution in [-0.2, 0) is 19.1 Å². The van der Waals surface area contributed by atoms with Crippen molar-refractivity contribution in [2.24, 2.45) is 0 Å². The number of hydrogen-bond acceptors (Lipinski definition) is 6. The van der Waals surface area contributed by atoms with E-state index in [1.807, 2.05) is 0 Å². The van der Waals surface area contributed by atoms with Crippen molar-refractivity contribution in [2.75, 3.05) is 13.2 Å². The van der Waals surface area contributed by atoms with Gasteiger partial charge in [0.2, 0.25) is 5.78 Å². The first-order valence-electron chi connectivity index (χ1n) is 9.02.